The van der Waals surface area contributed by atoms with Crippen LogP contribution in [0.4, 0.5) is 0 Å². The van der Waals surface area contributed by atoms with Crippen molar-refractivity contribution in [3.8, 4) is 28.2 Å². The number of rotatable bonds is 4. The molecule has 3 nitrogen and oxygen atoms in total. The minimum atomic E-state index is -1.02. The van der Waals surface area contributed by atoms with E-state index in [0.717, 1.165) is 19.8 Å². The van der Waals surface area contributed by atoms with Crippen LogP contribution in [-0.4, -0.2) is 13.7 Å². The average Bonchev–Trinajstić information content (AvgIpc) is 2.42. The summed E-state index contributed by atoms with van der Waals surface area (Å²) in [6.07, 6.45) is 0. The van der Waals surface area contributed by atoms with Gasteiger partial charge in [0.2, 0.25) is 0 Å². The molecule has 0 aliphatic rings. The van der Waals surface area contributed by atoms with E-state index >= 15 is 0 Å². The highest BCUT2D eigenvalue weighted by molar-refractivity contribution is 6.29. The smallest absolute Gasteiger partial charge is 0.0652 e. The van der Waals surface area contributed by atoms with Crippen LogP contribution in [-0.2, 0) is 0 Å². The van der Waals surface area contributed by atoms with E-state index in [-0.39, 0.29) is 5.56 Å². The average molecular weight is 693 g/mol. The number of nitrogens with zero attached hydrogens (tertiary/aromatic N) is 3. The van der Waals surface area contributed by atoms with Crippen molar-refractivity contribution in [2.75, 3.05) is 0 Å². The number of hydrogen-bond acceptors (Lipinski definition) is 0. The Kier molecular flexibility index (Phi) is 2.65. The Morgan fingerprint density at radius 3 is 1.60 bits per heavy atom. The van der Waals surface area contributed by atoms with E-state index in [4.69, 9.17) is 24.7 Å². The topological polar surface area (TPSA) is 14.8 Å². The summed E-state index contributed by atoms with van der Waals surface area (Å²) in [7, 11) is 0. The predicted molar refractivity (Wildman–Crippen MR) is 220 cm³/mol. The maximum atomic E-state index is 10.1. The molecule has 0 atom stereocenters. The SMILES string of the molecule is [2H]c1cc([2H])c2c3c([2H])c(-n4c5c([2H])c([2H])c([2H])c([2H])c5c5c6c7c([2H])c([2H])c([2H])c([2H])c7n(-c7c([2H])c([2H])c([2H])c(-c8c([2H])c([2H])c(C)c([2H])c8[2H])c7[2H])c6c([2H])c([2H])c54)c([2H])c([2H])c3n(-c3c([2H])c([2H])c([2H])c([2H])c3[2H])c2c1[2H]. The van der Waals surface area contributed by atoms with Gasteiger partial charge in [-0.3, -0.25) is 0 Å². The standard InChI is InChI=1S/C49H33N3/c1-32-22-24-33(25-23-32)34-12-11-15-36(30-34)51-43-20-9-6-17-39(43)48-46(51)28-29-47-49(48)40-18-7-10-21-44(40)52(47)37-26-27-45-41(31-37)38-16-5-8-19-42(38)50(45)35-13-3-2-4-14-35/h2-31H,1H3/i2D,3D,4D,6D,7D,8D,9D,10D,11D,12D,13D,14D,15D,16D,17D,18D,19D,20D,21D,22D,23D,24D,25D,26D,27D,28D,29D,30D,31D. The maximum Gasteiger partial charge on any atom is 0.0652 e. The van der Waals surface area contributed by atoms with Gasteiger partial charge in [-0.1, -0.05) is 114 Å². The Hall–Kier alpha value is -6.84. The Morgan fingerprint density at radius 2 is 0.885 bits per heavy atom. The van der Waals surface area contributed by atoms with Gasteiger partial charge in [-0.2, -0.15) is 0 Å². The molecule has 3 aromatic heterocycles. The molecule has 0 bridgehead atoms. The molecule has 8 aromatic carbocycles. The first kappa shape index (κ1) is 12.4. The summed E-state index contributed by atoms with van der Waals surface area (Å²) in [5.41, 5.74) is -7.59. The summed E-state index contributed by atoms with van der Waals surface area (Å²) < 4.78 is 267. The molecule has 3 heteroatoms. The quantitative estimate of drug-likeness (QED) is 0.174. The molecule has 11 aromatic rings. The van der Waals surface area contributed by atoms with Gasteiger partial charge in [0.05, 0.1) is 72.9 Å². The highest BCUT2D eigenvalue weighted by Crippen LogP contribution is 2.43. The summed E-state index contributed by atoms with van der Waals surface area (Å²) in [6, 6.07) is -24.2. The lowest BCUT2D eigenvalue weighted by molar-refractivity contribution is 1.16. The third-order valence-corrected chi connectivity index (χ3v) is 8.71. The number of fused-ring (bicyclic) bond motifs is 10. The molecule has 0 aliphatic heterocycles. The molecule has 0 saturated carbocycles. The van der Waals surface area contributed by atoms with E-state index in [9.17, 15) is 15.1 Å². The zero-order valence-corrected chi connectivity index (χ0v) is 26.4. The largest absolute Gasteiger partial charge is 0.309 e. The van der Waals surface area contributed by atoms with Crippen LogP contribution in [0, 0.1) is 6.92 Å². The summed E-state index contributed by atoms with van der Waals surface area (Å²) in [5.74, 6) is 0. The molecular weight excluding hydrogens is 631 g/mol. The predicted octanol–water partition coefficient (Wildman–Crippen LogP) is 13.0. The third-order valence-electron chi connectivity index (χ3n) is 8.71. The van der Waals surface area contributed by atoms with Gasteiger partial charge in [0.1, 0.15) is 0 Å². The number of aromatic nitrogens is 3. The lowest BCUT2D eigenvalue weighted by atomic mass is 10.0. The minimum Gasteiger partial charge on any atom is -0.309 e. The molecule has 0 saturated heterocycles. The normalized spacial score (nSPS) is 19.8. The lowest BCUT2D eigenvalue weighted by Crippen LogP contribution is -1.96. The fraction of sp³-hybridized carbons (Fsp3) is 0.0204. The molecule has 0 N–H and O–H groups in total. The zero-order chi connectivity index (χ0) is 59.6. The fourth-order valence-corrected chi connectivity index (χ4v) is 6.60. The molecule has 3 heterocycles. The highest BCUT2D eigenvalue weighted by Gasteiger charge is 2.21. The monoisotopic (exact) mass is 692 g/mol. The summed E-state index contributed by atoms with van der Waals surface area (Å²) in [5, 5.41) is -3.15. The van der Waals surface area contributed by atoms with Gasteiger partial charge in [0.25, 0.3) is 0 Å². The van der Waals surface area contributed by atoms with E-state index in [2.05, 4.69) is 0 Å². The van der Waals surface area contributed by atoms with Gasteiger partial charge >= 0.3 is 0 Å². The van der Waals surface area contributed by atoms with E-state index in [1.807, 2.05) is 0 Å². The van der Waals surface area contributed by atoms with Crippen molar-refractivity contribution in [3.05, 3.63) is 187 Å². The van der Waals surface area contributed by atoms with Gasteiger partial charge in [-0.05, 0) is 90.6 Å². The molecular formula is C49H33N3. The molecule has 0 amide bonds. The molecule has 0 fully saturated rings. The van der Waals surface area contributed by atoms with Crippen molar-refractivity contribution < 1.29 is 39.8 Å². The summed E-state index contributed by atoms with van der Waals surface area (Å²) >= 11 is 0. The van der Waals surface area contributed by atoms with Crippen LogP contribution >= 0.6 is 0 Å². The van der Waals surface area contributed by atoms with E-state index in [1.165, 1.54) is 6.92 Å². The summed E-state index contributed by atoms with van der Waals surface area (Å²) in [6.45, 7) is 1.29. The van der Waals surface area contributed by atoms with Gasteiger partial charge in [-0.25, -0.2) is 0 Å². The van der Waals surface area contributed by atoms with Gasteiger partial charge < -0.3 is 13.7 Å². The summed E-state index contributed by atoms with van der Waals surface area (Å²) in [4.78, 5) is 0. The van der Waals surface area contributed by atoms with Crippen LogP contribution in [0.1, 0.15) is 45.3 Å². The number of para-hydroxylation sites is 4. The molecule has 0 spiro atoms. The Morgan fingerprint density at radius 1 is 0.346 bits per heavy atom. The van der Waals surface area contributed by atoms with Gasteiger partial charge in [0.15, 0.2) is 0 Å². The molecule has 11 rings (SSSR count). The second-order valence-corrected chi connectivity index (χ2v) is 11.6. The minimum absolute atomic E-state index is 0.114. The fourth-order valence-electron chi connectivity index (χ4n) is 6.60. The van der Waals surface area contributed by atoms with Crippen molar-refractivity contribution in [2.24, 2.45) is 0 Å². The first-order chi connectivity index (χ1) is 37.8. The Labute approximate surface area is 341 Å². The zero-order valence-electron chi connectivity index (χ0n) is 55.4. The van der Waals surface area contributed by atoms with E-state index < -0.39 is 269 Å². The van der Waals surface area contributed by atoms with Gasteiger partial charge in [0, 0.05) is 49.4 Å². The van der Waals surface area contributed by atoms with Crippen LogP contribution in [0.2, 0.25) is 0 Å². The van der Waals surface area contributed by atoms with Crippen molar-refractivity contribution >= 4 is 65.4 Å². The third kappa shape index (κ3) is 4.14. The van der Waals surface area contributed by atoms with E-state index in [1.54, 1.807) is 0 Å². The van der Waals surface area contributed by atoms with Crippen LogP contribution < -0.4 is 0 Å². The number of benzene rings is 8. The molecule has 244 valence electrons. The molecule has 0 unspecified atom stereocenters. The van der Waals surface area contributed by atoms with Crippen molar-refractivity contribution in [1.82, 2.24) is 13.7 Å². The second-order valence-electron chi connectivity index (χ2n) is 11.6. The second kappa shape index (κ2) is 11.1. The van der Waals surface area contributed by atoms with Crippen molar-refractivity contribution in [1.29, 1.82) is 0 Å². The van der Waals surface area contributed by atoms with Crippen molar-refractivity contribution in [3.63, 3.8) is 0 Å². The van der Waals surface area contributed by atoms with Crippen LogP contribution in [0.3, 0.4) is 0 Å². The molecule has 0 aliphatic carbocycles. The number of hydrogen-bond donors (Lipinski definition) is 0. The van der Waals surface area contributed by atoms with E-state index in [0.29, 0.717) is 0 Å². The van der Waals surface area contributed by atoms with Crippen LogP contribution in [0.5, 0.6) is 0 Å². The van der Waals surface area contributed by atoms with Crippen LogP contribution in [0.15, 0.2) is 181 Å². The molecule has 52 heavy (non-hydrogen) atoms. The Balaban J connectivity index is 1.43. The van der Waals surface area contributed by atoms with Crippen molar-refractivity contribution in [2.45, 2.75) is 6.92 Å². The molecule has 0 radical (unpaired) electrons. The lowest BCUT2D eigenvalue weighted by Gasteiger charge is -2.11. The first-order valence-corrected chi connectivity index (χ1v) is 15.6. The Bertz CT molecular complexity index is 4820. The van der Waals surface area contributed by atoms with Crippen LogP contribution in [0.25, 0.3) is 93.6 Å². The maximum absolute atomic E-state index is 10.1. The van der Waals surface area contributed by atoms with Gasteiger partial charge in [-0.15, -0.1) is 0 Å². The first-order valence-electron chi connectivity index (χ1n) is 30.1. The highest BCUT2D eigenvalue weighted by atomic mass is 15.0.